The second-order valence-corrected chi connectivity index (χ2v) is 7.90. The van der Waals surface area contributed by atoms with Gasteiger partial charge in [0, 0.05) is 16.7 Å². The Morgan fingerprint density at radius 3 is 2.12 bits per heavy atom. The number of carboxylic acid groups (broad SMARTS) is 1. The lowest BCUT2D eigenvalue weighted by atomic mass is 9.98. The average molecular weight is 449 g/mol. The number of hydrogen-bond acceptors (Lipinski definition) is 3. The summed E-state index contributed by atoms with van der Waals surface area (Å²) in [7, 11) is 0. The minimum Gasteiger partial charge on any atom is -0.478 e. The molecule has 0 unspecified atom stereocenters. The molecule has 0 fully saturated rings. The van der Waals surface area contributed by atoms with Crippen LogP contribution < -0.4 is 5.43 Å². The predicted octanol–water partition coefficient (Wildman–Crippen LogP) is 7.36. The van der Waals surface area contributed by atoms with Crippen LogP contribution in [0, 0.1) is 19.7 Å². The minimum absolute atomic E-state index is 0. The number of rotatable bonds is 3. The first-order valence-electron chi connectivity index (χ1n) is 10.3. The lowest BCUT2D eigenvalue weighted by Gasteiger charge is -2.12. The predicted molar refractivity (Wildman–Crippen MR) is 132 cm³/mol. The first kappa shape index (κ1) is 25.5. The van der Waals surface area contributed by atoms with Crippen molar-refractivity contribution in [2.75, 3.05) is 0 Å². The molecule has 0 aliphatic heterocycles. The maximum Gasteiger partial charge on any atom is 0.335 e. The van der Waals surface area contributed by atoms with E-state index in [0.717, 1.165) is 11.1 Å². The number of carbonyl (C=O) groups is 1. The molecule has 4 rings (SSSR count). The van der Waals surface area contributed by atoms with E-state index in [4.69, 9.17) is 9.52 Å². The Labute approximate surface area is 193 Å². The van der Waals surface area contributed by atoms with Gasteiger partial charge in [0.05, 0.1) is 10.9 Å². The molecule has 0 atom stereocenters. The third kappa shape index (κ3) is 5.55. The fourth-order valence-corrected chi connectivity index (χ4v) is 3.49. The van der Waals surface area contributed by atoms with E-state index >= 15 is 0 Å². The second kappa shape index (κ2) is 10.7. The van der Waals surface area contributed by atoms with E-state index in [1.807, 2.05) is 50.2 Å². The second-order valence-electron chi connectivity index (χ2n) is 7.90. The van der Waals surface area contributed by atoms with E-state index in [-0.39, 0.29) is 18.8 Å². The molecule has 5 heteroatoms. The summed E-state index contributed by atoms with van der Waals surface area (Å²) < 4.78 is 19.9. The van der Waals surface area contributed by atoms with Crippen LogP contribution in [0.25, 0.3) is 22.3 Å². The Kier molecular flexibility index (Phi) is 8.30. The molecule has 0 radical (unpaired) electrons. The average Bonchev–Trinajstić information content (AvgIpc) is 2.77. The highest BCUT2D eigenvalue weighted by Gasteiger charge is 2.17. The summed E-state index contributed by atoms with van der Waals surface area (Å²) in [6, 6.07) is 19.1. The summed E-state index contributed by atoms with van der Waals surface area (Å²) in [5, 5.41) is 8.87. The van der Waals surface area contributed by atoms with E-state index < -0.39 is 11.8 Å². The zero-order chi connectivity index (χ0) is 23.4. The molecule has 0 saturated heterocycles. The summed E-state index contributed by atoms with van der Waals surface area (Å²) in [6.45, 7) is 7.41. The van der Waals surface area contributed by atoms with Gasteiger partial charge in [-0.1, -0.05) is 69.8 Å². The number of benzene rings is 3. The Morgan fingerprint density at radius 1 is 0.970 bits per heavy atom. The van der Waals surface area contributed by atoms with Gasteiger partial charge in [-0.2, -0.15) is 0 Å². The number of aromatic carboxylic acids is 1. The molecular weight excluding hydrogens is 419 g/mol. The highest BCUT2D eigenvalue weighted by molar-refractivity contribution is 5.89. The van der Waals surface area contributed by atoms with E-state index in [2.05, 4.69) is 0 Å². The first-order chi connectivity index (χ1) is 15.2. The van der Waals surface area contributed by atoms with Gasteiger partial charge in [-0.3, -0.25) is 4.79 Å². The van der Waals surface area contributed by atoms with Crippen LogP contribution in [0.5, 0.6) is 0 Å². The molecular formula is C28H29FO4. The maximum absolute atomic E-state index is 13.8. The molecule has 4 nitrogen and oxygen atoms in total. The fourth-order valence-electron chi connectivity index (χ4n) is 3.49. The Balaban J connectivity index is 0.000000297. The zero-order valence-corrected chi connectivity index (χ0v) is 18.5. The van der Waals surface area contributed by atoms with Crippen LogP contribution in [-0.2, 0) is 0 Å². The number of aryl methyl sites for hydroxylation is 1. The molecule has 172 valence electrons. The summed E-state index contributed by atoms with van der Waals surface area (Å²) in [6.07, 6.45) is 0. The largest absolute Gasteiger partial charge is 0.478 e. The normalized spacial score (nSPS) is 10.4. The van der Waals surface area contributed by atoms with Crippen LogP contribution in [0.3, 0.4) is 0 Å². The third-order valence-electron chi connectivity index (χ3n) is 5.25. The van der Waals surface area contributed by atoms with E-state index in [1.165, 1.54) is 12.1 Å². The molecule has 1 heterocycles. The van der Waals surface area contributed by atoms with Crippen LogP contribution in [0.2, 0.25) is 0 Å². The molecule has 0 aliphatic carbocycles. The SMILES string of the molecule is C.Cc1c(-c2ccccc2)oc2c(C(C)C)cc(F)cc2c1=O.Cc1ccccc1C(=O)O. The lowest BCUT2D eigenvalue weighted by Crippen LogP contribution is -2.09. The third-order valence-corrected chi connectivity index (χ3v) is 5.25. The highest BCUT2D eigenvalue weighted by atomic mass is 19.1. The van der Waals surface area contributed by atoms with E-state index in [9.17, 15) is 14.0 Å². The van der Waals surface area contributed by atoms with Gasteiger partial charge in [0.25, 0.3) is 0 Å². The van der Waals surface area contributed by atoms with Crippen LogP contribution in [0.4, 0.5) is 4.39 Å². The maximum atomic E-state index is 13.8. The van der Waals surface area contributed by atoms with Crippen molar-refractivity contribution in [3.63, 3.8) is 0 Å². The molecule has 0 bridgehead atoms. The van der Waals surface area contributed by atoms with Crippen LogP contribution >= 0.6 is 0 Å². The first-order valence-corrected chi connectivity index (χ1v) is 10.3. The van der Waals surface area contributed by atoms with Crippen molar-refractivity contribution in [1.29, 1.82) is 0 Å². The molecule has 0 aliphatic rings. The molecule has 0 saturated carbocycles. The molecule has 33 heavy (non-hydrogen) atoms. The summed E-state index contributed by atoms with van der Waals surface area (Å²) in [5.74, 6) is -0.659. The van der Waals surface area contributed by atoms with Gasteiger partial charge < -0.3 is 9.52 Å². The standard InChI is InChI=1S/C19H17FO2.C8H8O2.CH4/c1-11(2)15-9-14(20)10-16-17(21)12(3)18(22-19(15)16)13-7-5-4-6-8-13;1-6-4-2-3-5-7(6)8(9)10;/h4-11H,1-3H3;2-5H,1H3,(H,9,10);1H4. The van der Waals surface area contributed by atoms with Crippen LogP contribution in [0.1, 0.15) is 54.2 Å². The molecule has 1 aromatic heterocycles. The van der Waals surface area contributed by atoms with E-state index in [0.29, 0.717) is 33.4 Å². The van der Waals surface area contributed by atoms with Crippen molar-refractivity contribution in [2.45, 2.75) is 41.0 Å². The van der Waals surface area contributed by atoms with E-state index in [1.54, 1.807) is 32.0 Å². The van der Waals surface area contributed by atoms with Crippen molar-refractivity contribution in [3.8, 4) is 11.3 Å². The van der Waals surface area contributed by atoms with Gasteiger partial charge in [-0.15, -0.1) is 0 Å². The van der Waals surface area contributed by atoms with Crippen molar-refractivity contribution >= 4 is 16.9 Å². The number of halogens is 1. The Hall–Kier alpha value is -3.73. The monoisotopic (exact) mass is 448 g/mol. The van der Waals surface area contributed by atoms with Crippen molar-refractivity contribution in [1.82, 2.24) is 0 Å². The van der Waals surface area contributed by atoms with Crippen molar-refractivity contribution < 1.29 is 18.7 Å². The molecule has 0 amide bonds. The number of fused-ring (bicyclic) bond motifs is 1. The summed E-state index contributed by atoms with van der Waals surface area (Å²) >= 11 is 0. The molecule has 3 aromatic carbocycles. The lowest BCUT2D eigenvalue weighted by molar-refractivity contribution is 0.0696. The van der Waals surface area contributed by atoms with Crippen molar-refractivity contribution in [2.24, 2.45) is 0 Å². The zero-order valence-electron chi connectivity index (χ0n) is 18.5. The molecule has 0 spiro atoms. The quantitative estimate of drug-likeness (QED) is 0.355. The topological polar surface area (TPSA) is 67.5 Å². The van der Waals surface area contributed by atoms with Crippen LogP contribution in [-0.4, -0.2) is 11.1 Å². The van der Waals surface area contributed by atoms with Gasteiger partial charge >= 0.3 is 5.97 Å². The number of carboxylic acids is 1. The van der Waals surface area contributed by atoms with Gasteiger partial charge in [-0.25, -0.2) is 9.18 Å². The summed E-state index contributed by atoms with van der Waals surface area (Å²) in [5.41, 5.74) is 3.53. The van der Waals surface area contributed by atoms with Gasteiger partial charge in [0.2, 0.25) is 0 Å². The van der Waals surface area contributed by atoms with Gasteiger partial charge in [0.15, 0.2) is 5.43 Å². The highest BCUT2D eigenvalue weighted by Crippen LogP contribution is 2.30. The molecule has 1 N–H and O–H groups in total. The van der Waals surface area contributed by atoms with Crippen LogP contribution in [0.15, 0.2) is 75.9 Å². The van der Waals surface area contributed by atoms with Gasteiger partial charge in [0.1, 0.15) is 17.2 Å². The minimum atomic E-state index is -0.863. The Morgan fingerprint density at radius 2 is 1.58 bits per heavy atom. The summed E-state index contributed by atoms with van der Waals surface area (Å²) in [4.78, 5) is 23.0. The Bertz CT molecular complexity index is 1320. The van der Waals surface area contributed by atoms with Gasteiger partial charge in [-0.05, 0) is 43.5 Å². The van der Waals surface area contributed by atoms with Crippen molar-refractivity contribution in [3.05, 3.63) is 105 Å². The number of hydrogen-bond donors (Lipinski definition) is 1. The molecule has 4 aromatic rings. The fraction of sp³-hybridized carbons (Fsp3) is 0.214. The smallest absolute Gasteiger partial charge is 0.335 e.